The van der Waals surface area contributed by atoms with Crippen molar-refractivity contribution in [3.05, 3.63) is 58.7 Å². The molecule has 180 valence electrons. The maximum absolute atomic E-state index is 13.8. The second-order valence-electron chi connectivity index (χ2n) is 9.11. The van der Waals surface area contributed by atoms with Crippen molar-refractivity contribution >= 4 is 17.7 Å². The van der Waals surface area contributed by atoms with Gasteiger partial charge in [0.05, 0.1) is 24.3 Å². The summed E-state index contributed by atoms with van der Waals surface area (Å²) in [4.78, 5) is 43.0. The fourth-order valence-corrected chi connectivity index (χ4v) is 4.75. The predicted molar refractivity (Wildman–Crippen MR) is 128 cm³/mol. The molecule has 0 spiro atoms. The molecule has 0 saturated heterocycles. The Kier molecular flexibility index (Phi) is 6.91. The number of ether oxygens (including phenoxy) is 2. The minimum atomic E-state index is -0.831. The quantitative estimate of drug-likeness (QED) is 0.550. The van der Waals surface area contributed by atoms with Crippen LogP contribution in [0.1, 0.15) is 66.0 Å². The zero-order chi connectivity index (χ0) is 24.4. The lowest BCUT2D eigenvalue weighted by Gasteiger charge is -2.35. The van der Waals surface area contributed by atoms with E-state index in [4.69, 9.17) is 9.47 Å². The van der Waals surface area contributed by atoms with E-state index in [0.717, 1.165) is 11.1 Å². The van der Waals surface area contributed by atoms with Crippen LogP contribution in [0.5, 0.6) is 11.5 Å². The van der Waals surface area contributed by atoms with Gasteiger partial charge >= 0.3 is 0 Å². The highest BCUT2D eigenvalue weighted by atomic mass is 16.5. The number of rotatable bonds is 8. The first-order valence-corrected chi connectivity index (χ1v) is 12.0. The van der Waals surface area contributed by atoms with Gasteiger partial charge in [0.2, 0.25) is 5.91 Å². The summed E-state index contributed by atoms with van der Waals surface area (Å²) in [5.74, 6) is 0.534. The molecule has 2 heterocycles. The van der Waals surface area contributed by atoms with E-state index in [1.54, 1.807) is 29.2 Å². The fraction of sp³-hybridized carbons (Fsp3) is 0.444. The van der Waals surface area contributed by atoms with Crippen LogP contribution in [-0.2, 0) is 17.8 Å². The minimum Gasteiger partial charge on any atom is -0.490 e. The van der Waals surface area contributed by atoms with E-state index in [1.165, 1.54) is 4.90 Å². The van der Waals surface area contributed by atoms with Crippen LogP contribution in [0.4, 0.5) is 0 Å². The van der Waals surface area contributed by atoms with Gasteiger partial charge in [0.25, 0.3) is 11.8 Å². The van der Waals surface area contributed by atoms with E-state index in [-0.39, 0.29) is 11.8 Å². The summed E-state index contributed by atoms with van der Waals surface area (Å²) in [5.41, 5.74) is 2.85. The molecule has 0 bridgehead atoms. The van der Waals surface area contributed by atoms with Crippen LogP contribution in [0.15, 0.2) is 36.4 Å². The van der Waals surface area contributed by atoms with Gasteiger partial charge in [0.15, 0.2) is 11.5 Å². The SMILES string of the molecule is CCOc1cc2c(cc1OCC)CN(C(=O)C(CC(C)C)N1C(=O)c3ccccc3C1=O)CC2. The molecule has 7 heteroatoms. The monoisotopic (exact) mass is 464 g/mol. The third-order valence-electron chi connectivity index (χ3n) is 6.31. The molecule has 2 aliphatic rings. The number of benzene rings is 2. The molecule has 2 aromatic rings. The molecule has 0 saturated carbocycles. The molecule has 1 unspecified atom stereocenters. The van der Waals surface area contributed by atoms with Crippen LogP contribution in [0.3, 0.4) is 0 Å². The second kappa shape index (κ2) is 9.87. The lowest BCUT2D eigenvalue weighted by molar-refractivity contribution is -0.137. The van der Waals surface area contributed by atoms with E-state index in [1.807, 2.05) is 39.8 Å². The van der Waals surface area contributed by atoms with Gasteiger partial charge in [-0.05, 0) is 68.0 Å². The minimum absolute atomic E-state index is 0.133. The number of hydrogen-bond donors (Lipinski definition) is 0. The second-order valence-corrected chi connectivity index (χ2v) is 9.11. The number of amides is 3. The number of carbonyl (C=O) groups excluding carboxylic acids is 3. The van der Waals surface area contributed by atoms with Crippen molar-refractivity contribution in [2.75, 3.05) is 19.8 Å². The Bertz CT molecular complexity index is 1080. The highest BCUT2D eigenvalue weighted by molar-refractivity contribution is 6.22. The summed E-state index contributed by atoms with van der Waals surface area (Å²) >= 11 is 0. The molecule has 1 atom stereocenters. The maximum Gasteiger partial charge on any atom is 0.262 e. The predicted octanol–water partition coefficient (Wildman–Crippen LogP) is 4.08. The summed E-state index contributed by atoms with van der Waals surface area (Å²) < 4.78 is 11.5. The number of carbonyl (C=O) groups is 3. The molecule has 3 amide bonds. The first kappa shape index (κ1) is 23.8. The molecule has 0 N–H and O–H groups in total. The van der Waals surface area contributed by atoms with E-state index in [0.29, 0.717) is 61.8 Å². The first-order chi connectivity index (χ1) is 16.3. The van der Waals surface area contributed by atoms with Crippen molar-refractivity contribution in [2.24, 2.45) is 5.92 Å². The molecular formula is C27H32N2O5. The summed E-state index contributed by atoms with van der Waals surface area (Å²) in [6.07, 6.45) is 1.09. The fourth-order valence-electron chi connectivity index (χ4n) is 4.75. The van der Waals surface area contributed by atoms with E-state index in [9.17, 15) is 14.4 Å². The molecule has 7 nitrogen and oxygen atoms in total. The van der Waals surface area contributed by atoms with Crippen molar-refractivity contribution in [3.8, 4) is 11.5 Å². The average Bonchev–Trinajstić information content (AvgIpc) is 3.07. The van der Waals surface area contributed by atoms with Crippen molar-refractivity contribution in [1.82, 2.24) is 9.80 Å². The van der Waals surface area contributed by atoms with Crippen molar-refractivity contribution < 1.29 is 23.9 Å². The van der Waals surface area contributed by atoms with Crippen LogP contribution in [0, 0.1) is 5.92 Å². The number of hydrogen-bond acceptors (Lipinski definition) is 5. The van der Waals surface area contributed by atoms with Gasteiger partial charge in [-0.2, -0.15) is 0 Å². The van der Waals surface area contributed by atoms with Gasteiger partial charge < -0.3 is 14.4 Å². The number of fused-ring (bicyclic) bond motifs is 2. The average molecular weight is 465 g/mol. The van der Waals surface area contributed by atoms with Gasteiger partial charge in [-0.25, -0.2) is 0 Å². The standard InChI is InChI=1S/C27H32N2O5/c1-5-33-23-14-18-11-12-28(16-19(18)15-24(23)34-6-2)27(32)22(13-17(3)4)29-25(30)20-9-7-8-10-21(20)26(29)31/h7-10,14-15,17,22H,5-6,11-13,16H2,1-4H3. The molecule has 0 radical (unpaired) electrons. The number of imide groups is 1. The molecule has 2 aliphatic heterocycles. The largest absolute Gasteiger partial charge is 0.490 e. The van der Waals surface area contributed by atoms with Crippen LogP contribution in [0.25, 0.3) is 0 Å². The van der Waals surface area contributed by atoms with E-state index >= 15 is 0 Å². The van der Waals surface area contributed by atoms with Gasteiger partial charge in [-0.3, -0.25) is 19.3 Å². The van der Waals surface area contributed by atoms with Crippen molar-refractivity contribution in [3.63, 3.8) is 0 Å². The summed E-state index contributed by atoms with van der Waals surface area (Å²) in [6, 6.07) is 9.89. The summed E-state index contributed by atoms with van der Waals surface area (Å²) in [7, 11) is 0. The molecule has 34 heavy (non-hydrogen) atoms. The Labute approximate surface area is 200 Å². The van der Waals surface area contributed by atoms with Crippen LogP contribution in [-0.4, -0.2) is 53.3 Å². The van der Waals surface area contributed by atoms with Crippen LogP contribution in [0.2, 0.25) is 0 Å². The lowest BCUT2D eigenvalue weighted by Crippen LogP contribution is -2.52. The third-order valence-corrected chi connectivity index (χ3v) is 6.31. The first-order valence-electron chi connectivity index (χ1n) is 12.0. The van der Waals surface area contributed by atoms with Gasteiger partial charge in [-0.1, -0.05) is 26.0 Å². The zero-order valence-corrected chi connectivity index (χ0v) is 20.3. The third kappa shape index (κ3) is 4.39. The zero-order valence-electron chi connectivity index (χ0n) is 20.3. The summed E-state index contributed by atoms with van der Waals surface area (Å²) in [5, 5.41) is 0. The maximum atomic E-state index is 13.8. The Hall–Kier alpha value is -3.35. The van der Waals surface area contributed by atoms with Crippen LogP contribution < -0.4 is 9.47 Å². The van der Waals surface area contributed by atoms with Gasteiger partial charge in [0, 0.05) is 13.1 Å². The Morgan fingerprint density at radius 1 is 0.941 bits per heavy atom. The smallest absolute Gasteiger partial charge is 0.262 e. The topological polar surface area (TPSA) is 76.2 Å². The molecular weight excluding hydrogens is 432 g/mol. The Morgan fingerprint density at radius 3 is 2.03 bits per heavy atom. The van der Waals surface area contributed by atoms with Gasteiger partial charge in [0.1, 0.15) is 6.04 Å². The highest BCUT2D eigenvalue weighted by Gasteiger charge is 2.44. The van der Waals surface area contributed by atoms with Crippen molar-refractivity contribution in [1.29, 1.82) is 0 Å². The Morgan fingerprint density at radius 2 is 1.50 bits per heavy atom. The molecule has 0 aromatic heterocycles. The molecule has 4 rings (SSSR count). The lowest BCUT2D eigenvalue weighted by atomic mass is 9.96. The number of nitrogens with zero attached hydrogens (tertiary/aromatic N) is 2. The normalized spacial score (nSPS) is 15.9. The highest BCUT2D eigenvalue weighted by Crippen LogP contribution is 2.35. The van der Waals surface area contributed by atoms with E-state index < -0.39 is 17.9 Å². The molecule has 0 aliphatic carbocycles. The molecule has 2 aromatic carbocycles. The summed E-state index contributed by atoms with van der Waals surface area (Å²) in [6.45, 7) is 9.81. The van der Waals surface area contributed by atoms with Crippen molar-refractivity contribution in [2.45, 2.75) is 53.1 Å². The van der Waals surface area contributed by atoms with Crippen LogP contribution >= 0.6 is 0 Å². The molecule has 0 fully saturated rings. The Balaban J connectivity index is 1.61. The van der Waals surface area contributed by atoms with E-state index in [2.05, 4.69) is 0 Å². The van der Waals surface area contributed by atoms with Gasteiger partial charge in [-0.15, -0.1) is 0 Å².